The summed E-state index contributed by atoms with van der Waals surface area (Å²) in [5.74, 6) is 0.431. The second-order valence-corrected chi connectivity index (χ2v) is 6.28. The molecule has 6 nitrogen and oxygen atoms in total. The average molecular weight is 265 g/mol. The maximum absolute atomic E-state index is 11.1. The summed E-state index contributed by atoms with van der Waals surface area (Å²) in [7, 11) is -3.43. The van der Waals surface area contributed by atoms with Gasteiger partial charge in [0.15, 0.2) is 0 Å². The van der Waals surface area contributed by atoms with E-state index in [4.69, 9.17) is 4.74 Å². The molecule has 0 aromatic heterocycles. The van der Waals surface area contributed by atoms with Crippen LogP contribution >= 0.6 is 0 Å². The van der Waals surface area contributed by atoms with Crippen molar-refractivity contribution in [2.45, 2.75) is 38.8 Å². The van der Waals surface area contributed by atoms with E-state index in [1.165, 1.54) is 0 Å². The molecule has 0 bridgehead atoms. The number of ether oxygens (including phenoxy) is 1. The topological polar surface area (TPSA) is 81.7 Å². The number of rotatable bonds is 6. The van der Waals surface area contributed by atoms with E-state index in [0.29, 0.717) is 12.3 Å². The van der Waals surface area contributed by atoms with E-state index in [-0.39, 0.29) is 18.8 Å². The van der Waals surface area contributed by atoms with E-state index in [1.807, 2.05) is 0 Å². The van der Waals surface area contributed by atoms with Gasteiger partial charge in [-0.15, -0.1) is 0 Å². The Morgan fingerprint density at radius 3 is 2.65 bits per heavy atom. The summed E-state index contributed by atoms with van der Waals surface area (Å²) in [6.45, 7) is 4.14. The monoisotopic (exact) mass is 265 g/mol. The molecule has 0 spiro atoms. The normalized spacial score (nSPS) is 24.8. The van der Waals surface area contributed by atoms with Crippen molar-refractivity contribution >= 4 is 16.2 Å². The van der Waals surface area contributed by atoms with Crippen LogP contribution in [0.2, 0.25) is 0 Å². The quantitative estimate of drug-likeness (QED) is 0.721. The lowest BCUT2D eigenvalue weighted by molar-refractivity contribution is 0.111. The van der Waals surface area contributed by atoms with Crippen molar-refractivity contribution < 1.29 is 22.1 Å². The molecule has 0 radical (unpaired) electrons. The van der Waals surface area contributed by atoms with Gasteiger partial charge in [0.25, 0.3) is 10.1 Å². The van der Waals surface area contributed by atoms with Gasteiger partial charge >= 0.3 is 6.09 Å². The number of carbonyl (C=O) groups is 1. The van der Waals surface area contributed by atoms with Crippen LogP contribution in [-0.4, -0.2) is 39.5 Å². The van der Waals surface area contributed by atoms with Gasteiger partial charge < -0.3 is 10.1 Å². The molecule has 100 valence electrons. The van der Waals surface area contributed by atoms with Crippen LogP contribution in [0.15, 0.2) is 0 Å². The first-order valence-corrected chi connectivity index (χ1v) is 7.41. The smallest absolute Gasteiger partial charge is 0.407 e. The van der Waals surface area contributed by atoms with E-state index in [2.05, 4.69) is 23.3 Å². The molecule has 1 aliphatic heterocycles. The number of hydrogen-bond donors (Lipinski definition) is 1. The van der Waals surface area contributed by atoms with Crippen LogP contribution in [0.4, 0.5) is 4.79 Å². The van der Waals surface area contributed by atoms with Crippen LogP contribution in [0.1, 0.15) is 26.7 Å². The first-order chi connectivity index (χ1) is 7.78. The van der Waals surface area contributed by atoms with Crippen LogP contribution in [-0.2, 0) is 19.0 Å². The fourth-order valence-corrected chi connectivity index (χ4v) is 2.19. The van der Waals surface area contributed by atoms with Crippen molar-refractivity contribution in [2.75, 3.05) is 12.9 Å². The van der Waals surface area contributed by atoms with Gasteiger partial charge in [-0.05, 0) is 12.3 Å². The van der Waals surface area contributed by atoms with Gasteiger partial charge in [-0.3, -0.25) is 4.18 Å². The summed E-state index contributed by atoms with van der Waals surface area (Å²) < 4.78 is 31.3. The molecule has 1 amide bonds. The second kappa shape index (κ2) is 5.68. The van der Waals surface area contributed by atoms with Crippen molar-refractivity contribution in [1.82, 2.24) is 5.32 Å². The van der Waals surface area contributed by atoms with Gasteiger partial charge in [-0.25, -0.2) is 4.79 Å². The minimum atomic E-state index is -3.43. The van der Waals surface area contributed by atoms with Crippen LogP contribution in [0.5, 0.6) is 0 Å². The van der Waals surface area contributed by atoms with Gasteiger partial charge in [-0.2, -0.15) is 8.42 Å². The third kappa shape index (κ3) is 5.36. The number of alkyl carbamates (subject to hydrolysis) is 1. The fourth-order valence-electron chi connectivity index (χ4n) is 1.79. The highest BCUT2D eigenvalue weighted by Crippen LogP contribution is 2.19. The summed E-state index contributed by atoms with van der Waals surface area (Å²) in [5.41, 5.74) is 0. The first-order valence-electron chi connectivity index (χ1n) is 5.59. The van der Waals surface area contributed by atoms with Gasteiger partial charge in [-0.1, -0.05) is 13.8 Å². The van der Waals surface area contributed by atoms with Crippen molar-refractivity contribution in [3.05, 3.63) is 0 Å². The SMILES string of the molecule is CC(C)CC1NC(=O)OC1CCOS(C)(=O)=O. The van der Waals surface area contributed by atoms with E-state index < -0.39 is 16.2 Å². The Morgan fingerprint density at radius 1 is 1.47 bits per heavy atom. The van der Waals surface area contributed by atoms with E-state index >= 15 is 0 Å². The van der Waals surface area contributed by atoms with Crippen LogP contribution in [0, 0.1) is 5.92 Å². The zero-order valence-corrected chi connectivity index (χ0v) is 11.1. The molecule has 1 heterocycles. The molecule has 2 atom stereocenters. The number of cyclic esters (lactones) is 1. The number of carbonyl (C=O) groups excluding carboxylic acids is 1. The molecule has 1 aliphatic rings. The predicted octanol–water partition coefficient (Wildman–Crippen LogP) is 0.876. The molecular weight excluding hydrogens is 246 g/mol. The molecule has 0 aliphatic carbocycles. The van der Waals surface area contributed by atoms with Crippen molar-refractivity contribution in [2.24, 2.45) is 5.92 Å². The molecule has 1 fully saturated rings. The van der Waals surface area contributed by atoms with E-state index in [1.54, 1.807) is 0 Å². The zero-order chi connectivity index (χ0) is 13.1. The largest absolute Gasteiger partial charge is 0.444 e. The molecule has 1 N–H and O–H groups in total. The van der Waals surface area contributed by atoms with Gasteiger partial charge in [0.05, 0.1) is 18.9 Å². The van der Waals surface area contributed by atoms with E-state index in [9.17, 15) is 13.2 Å². The van der Waals surface area contributed by atoms with Gasteiger partial charge in [0, 0.05) is 6.42 Å². The highest BCUT2D eigenvalue weighted by molar-refractivity contribution is 7.85. The average Bonchev–Trinajstić information content (AvgIpc) is 2.43. The van der Waals surface area contributed by atoms with Crippen LogP contribution < -0.4 is 5.32 Å². The standard InChI is InChI=1S/C10H19NO5S/c1-7(2)6-8-9(16-10(12)11-8)4-5-15-17(3,13)14/h7-9H,4-6H2,1-3H3,(H,11,12). The molecule has 7 heteroatoms. The Kier molecular flexibility index (Phi) is 4.76. The van der Waals surface area contributed by atoms with Gasteiger partial charge in [0.2, 0.25) is 0 Å². The predicted molar refractivity (Wildman–Crippen MR) is 62.1 cm³/mol. The van der Waals surface area contributed by atoms with Crippen LogP contribution in [0.3, 0.4) is 0 Å². The zero-order valence-electron chi connectivity index (χ0n) is 10.3. The third-order valence-electron chi connectivity index (χ3n) is 2.44. The minimum absolute atomic E-state index is 0.0348. The fraction of sp³-hybridized carbons (Fsp3) is 0.900. The molecule has 0 aromatic carbocycles. The van der Waals surface area contributed by atoms with Gasteiger partial charge in [0.1, 0.15) is 6.10 Å². The van der Waals surface area contributed by atoms with E-state index in [0.717, 1.165) is 12.7 Å². The Hall–Kier alpha value is -0.820. The summed E-state index contributed by atoms with van der Waals surface area (Å²) in [6, 6.07) is -0.0642. The summed E-state index contributed by atoms with van der Waals surface area (Å²) in [4.78, 5) is 11.1. The summed E-state index contributed by atoms with van der Waals surface area (Å²) in [6.07, 6.45) is 1.42. The Labute approximate surface area is 102 Å². The Balaban J connectivity index is 2.42. The molecule has 0 aromatic rings. The molecule has 17 heavy (non-hydrogen) atoms. The minimum Gasteiger partial charge on any atom is -0.444 e. The molecular formula is C10H19NO5S. The lowest BCUT2D eigenvalue weighted by Gasteiger charge is -2.18. The lowest BCUT2D eigenvalue weighted by Crippen LogP contribution is -2.33. The summed E-state index contributed by atoms with van der Waals surface area (Å²) >= 11 is 0. The highest BCUT2D eigenvalue weighted by Gasteiger charge is 2.34. The van der Waals surface area contributed by atoms with Crippen molar-refractivity contribution in [1.29, 1.82) is 0 Å². The maximum atomic E-state index is 11.1. The van der Waals surface area contributed by atoms with Crippen molar-refractivity contribution in [3.63, 3.8) is 0 Å². The first kappa shape index (κ1) is 14.2. The second-order valence-electron chi connectivity index (χ2n) is 4.64. The van der Waals surface area contributed by atoms with Crippen molar-refractivity contribution in [3.8, 4) is 0 Å². The number of amides is 1. The number of hydrogen-bond acceptors (Lipinski definition) is 5. The maximum Gasteiger partial charge on any atom is 0.407 e. The lowest BCUT2D eigenvalue weighted by atomic mass is 9.98. The summed E-state index contributed by atoms with van der Waals surface area (Å²) in [5, 5.41) is 2.72. The Bertz CT molecular complexity index is 365. The van der Waals surface area contributed by atoms with Crippen LogP contribution in [0.25, 0.3) is 0 Å². The number of nitrogens with one attached hydrogen (secondary N) is 1. The highest BCUT2D eigenvalue weighted by atomic mass is 32.2. The molecule has 0 saturated carbocycles. The third-order valence-corrected chi connectivity index (χ3v) is 3.03. The molecule has 1 saturated heterocycles. The Morgan fingerprint density at radius 2 is 2.12 bits per heavy atom. The molecule has 1 rings (SSSR count). The molecule has 2 unspecified atom stereocenters.